The summed E-state index contributed by atoms with van der Waals surface area (Å²) in [5.41, 5.74) is 1.76. The van der Waals surface area contributed by atoms with Crippen molar-refractivity contribution in [3.05, 3.63) is 42.5 Å². The van der Waals surface area contributed by atoms with Gasteiger partial charge in [-0.3, -0.25) is 4.90 Å². The summed E-state index contributed by atoms with van der Waals surface area (Å²) in [6, 6.07) is 13.6. The first-order valence-corrected chi connectivity index (χ1v) is 11.5. The molecule has 5 rings (SSSR count). The normalized spacial score (nSPS) is 17.8. The van der Waals surface area contributed by atoms with Crippen LogP contribution >= 0.6 is 0 Å². The Bertz CT molecular complexity index is 1060. The summed E-state index contributed by atoms with van der Waals surface area (Å²) in [7, 11) is 1.56. The predicted molar refractivity (Wildman–Crippen MR) is 128 cm³/mol. The lowest BCUT2D eigenvalue weighted by atomic mass is 10.1. The molecular weight excluding hydrogens is 402 g/mol. The number of rotatable bonds is 6. The van der Waals surface area contributed by atoms with Gasteiger partial charge in [0.2, 0.25) is 0 Å². The molecule has 2 fully saturated rings. The minimum Gasteiger partial charge on any atom is -0.504 e. The number of fused-ring (bicyclic) bond motifs is 1. The third kappa shape index (κ3) is 4.36. The number of methoxy groups -OCH3 is 1. The van der Waals surface area contributed by atoms with Crippen molar-refractivity contribution in [2.75, 3.05) is 64.4 Å². The van der Waals surface area contributed by atoms with Gasteiger partial charge in [-0.2, -0.15) is 0 Å². The molecule has 0 radical (unpaired) electrons. The summed E-state index contributed by atoms with van der Waals surface area (Å²) in [5, 5.41) is 11.3. The second-order valence-electron chi connectivity index (χ2n) is 8.66. The van der Waals surface area contributed by atoms with Crippen LogP contribution in [0.1, 0.15) is 12.8 Å². The number of aromatic nitrogens is 2. The maximum atomic E-state index is 10.4. The number of nitrogens with zero attached hydrogens (tertiary/aromatic N) is 5. The van der Waals surface area contributed by atoms with Crippen LogP contribution in [0.15, 0.2) is 42.5 Å². The molecule has 0 amide bonds. The maximum absolute atomic E-state index is 10.4. The summed E-state index contributed by atoms with van der Waals surface area (Å²) in [6.07, 6.45) is 2.69. The van der Waals surface area contributed by atoms with Crippen LogP contribution in [-0.2, 0) is 0 Å². The second-order valence-corrected chi connectivity index (χ2v) is 8.66. The fourth-order valence-electron chi connectivity index (χ4n) is 4.72. The van der Waals surface area contributed by atoms with E-state index in [1.54, 1.807) is 19.2 Å². The lowest BCUT2D eigenvalue weighted by molar-refractivity contribution is 0.215. The Hall–Kier alpha value is -2.90. The lowest BCUT2D eigenvalue weighted by Gasteiger charge is -2.36. The predicted octanol–water partition coefficient (Wildman–Crippen LogP) is 3.23. The van der Waals surface area contributed by atoms with Crippen LogP contribution in [-0.4, -0.2) is 84.3 Å². The van der Waals surface area contributed by atoms with E-state index in [-0.39, 0.29) is 5.75 Å². The molecule has 7 nitrogen and oxygen atoms in total. The molecule has 0 atom stereocenters. The van der Waals surface area contributed by atoms with Gasteiger partial charge in [-0.1, -0.05) is 30.3 Å². The molecule has 0 saturated carbocycles. The number of hydrogen-bond acceptors (Lipinski definition) is 7. The Labute approximate surface area is 189 Å². The van der Waals surface area contributed by atoms with Crippen molar-refractivity contribution >= 4 is 16.7 Å². The van der Waals surface area contributed by atoms with E-state index in [1.165, 1.54) is 32.5 Å². The molecule has 168 valence electrons. The average Bonchev–Trinajstić information content (AvgIpc) is 3.36. The zero-order valence-electron chi connectivity index (χ0n) is 18.7. The van der Waals surface area contributed by atoms with E-state index < -0.39 is 0 Å². The molecule has 2 aromatic carbocycles. The fourth-order valence-corrected chi connectivity index (χ4v) is 4.72. The topological polar surface area (TPSA) is 65.0 Å². The Morgan fingerprint density at radius 1 is 0.875 bits per heavy atom. The van der Waals surface area contributed by atoms with Crippen LogP contribution in [0.2, 0.25) is 0 Å². The average molecular weight is 434 g/mol. The van der Waals surface area contributed by atoms with Crippen molar-refractivity contribution in [2.45, 2.75) is 12.8 Å². The third-order valence-electron chi connectivity index (χ3n) is 6.61. The number of ether oxygens (including phenoxy) is 1. The SMILES string of the molecule is COc1cc2nc(-c3ccccc3)nc(N3CCN(CCN4CCCC4)CC3)c2cc1O. The Balaban J connectivity index is 1.41. The smallest absolute Gasteiger partial charge is 0.162 e. The number of phenols is 1. The molecule has 0 spiro atoms. The minimum absolute atomic E-state index is 0.113. The maximum Gasteiger partial charge on any atom is 0.162 e. The van der Waals surface area contributed by atoms with Gasteiger partial charge >= 0.3 is 0 Å². The fraction of sp³-hybridized carbons (Fsp3) is 0.440. The van der Waals surface area contributed by atoms with Crippen LogP contribution in [0, 0.1) is 0 Å². The first-order valence-electron chi connectivity index (χ1n) is 11.5. The zero-order valence-corrected chi connectivity index (χ0v) is 18.7. The van der Waals surface area contributed by atoms with Crippen LogP contribution < -0.4 is 9.64 Å². The van der Waals surface area contributed by atoms with Crippen molar-refractivity contribution in [1.82, 2.24) is 19.8 Å². The van der Waals surface area contributed by atoms with Gasteiger partial charge in [0.1, 0.15) is 5.82 Å². The Kier molecular flexibility index (Phi) is 6.10. The van der Waals surface area contributed by atoms with E-state index in [1.807, 2.05) is 30.3 Å². The molecule has 1 aromatic heterocycles. The number of likely N-dealkylation sites (tertiary alicyclic amines) is 1. The van der Waals surface area contributed by atoms with Gasteiger partial charge < -0.3 is 19.6 Å². The van der Waals surface area contributed by atoms with Crippen molar-refractivity contribution < 1.29 is 9.84 Å². The van der Waals surface area contributed by atoms with Gasteiger partial charge in [0, 0.05) is 56.3 Å². The largest absolute Gasteiger partial charge is 0.504 e. The van der Waals surface area contributed by atoms with E-state index in [9.17, 15) is 5.11 Å². The van der Waals surface area contributed by atoms with Gasteiger partial charge in [-0.25, -0.2) is 9.97 Å². The van der Waals surface area contributed by atoms with Gasteiger partial charge in [0.05, 0.1) is 12.6 Å². The first-order chi connectivity index (χ1) is 15.7. The number of anilines is 1. The van der Waals surface area contributed by atoms with Crippen LogP contribution in [0.4, 0.5) is 5.82 Å². The highest BCUT2D eigenvalue weighted by molar-refractivity contribution is 5.93. The summed E-state index contributed by atoms with van der Waals surface area (Å²) in [4.78, 5) is 17.2. The molecule has 3 aromatic rings. The molecule has 3 heterocycles. The molecule has 1 N–H and O–H groups in total. The Morgan fingerprint density at radius 3 is 2.25 bits per heavy atom. The Morgan fingerprint density at radius 2 is 1.56 bits per heavy atom. The van der Waals surface area contributed by atoms with Crippen LogP contribution in [0.5, 0.6) is 11.5 Å². The van der Waals surface area contributed by atoms with E-state index in [0.29, 0.717) is 11.6 Å². The van der Waals surface area contributed by atoms with Gasteiger partial charge in [0.25, 0.3) is 0 Å². The molecule has 0 aliphatic carbocycles. The van der Waals surface area contributed by atoms with Gasteiger partial charge in [-0.05, 0) is 32.0 Å². The molecule has 7 heteroatoms. The number of phenolic OH excluding ortho intramolecular Hbond substituents is 1. The number of aromatic hydroxyl groups is 1. The second kappa shape index (κ2) is 9.30. The summed E-state index contributed by atoms with van der Waals surface area (Å²) >= 11 is 0. The molecule has 0 unspecified atom stereocenters. The number of hydrogen-bond donors (Lipinski definition) is 1. The lowest BCUT2D eigenvalue weighted by Crippen LogP contribution is -2.48. The number of piperazine rings is 1. The highest BCUT2D eigenvalue weighted by Gasteiger charge is 2.23. The van der Waals surface area contributed by atoms with Gasteiger partial charge in [-0.15, -0.1) is 0 Å². The summed E-state index contributed by atoms with van der Waals surface area (Å²) < 4.78 is 5.33. The summed E-state index contributed by atoms with van der Waals surface area (Å²) in [5.74, 6) is 2.11. The van der Waals surface area contributed by atoms with Crippen molar-refractivity contribution in [3.63, 3.8) is 0 Å². The monoisotopic (exact) mass is 433 g/mol. The molecule has 0 bridgehead atoms. The molecule has 32 heavy (non-hydrogen) atoms. The number of benzene rings is 2. The quantitative estimate of drug-likeness (QED) is 0.640. The highest BCUT2D eigenvalue weighted by Crippen LogP contribution is 2.36. The van der Waals surface area contributed by atoms with Crippen LogP contribution in [0.25, 0.3) is 22.3 Å². The molecule has 2 saturated heterocycles. The summed E-state index contributed by atoms with van der Waals surface area (Å²) in [6.45, 7) is 8.66. The van der Waals surface area contributed by atoms with Crippen molar-refractivity contribution in [1.29, 1.82) is 0 Å². The molecular formula is C25H31N5O2. The minimum atomic E-state index is 0.113. The van der Waals surface area contributed by atoms with Gasteiger partial charge in [0.15, 0.2) is 17.3 Å². The third-order valence-corrected chi connectivity index (χ3v) is 6.61. The van der Waals surface area contributed by atoms with Crippen LogP contribution in [0.3, 0.4) is 0 Å². The van der Waals surface area contributed by atoms with E-state index in [4.69, 9.17) is 14.7 Å². The highest BCUT2D eigenvalue weighted by atomic mass is 16.5. The molecule has 2 aliphatic rings. The van der Waals surface area contributed by atoms with E-state index >= 15 is 0 Å². The zero-order chi connectivity index (χ0) is 21.9. The van der Waals surface area contributed by atoms with Crippen molar-refractivity contribution in [3.8, 4) is 22.9 Å². The van der Waals surface area contributed by atoms with Crippen molar-refractivity contribution in [2.24, 2.45) is 0 Å². The van der Waals surface area contributed by atoms with E-state index in [0.717, 1.165) is 55.0 Å². The standard InChI is InChI=1S/C25H31N5O2/c1-32-23-18-21-20(17-22(23)31)25(27-24(26-21)19-7-3-2-4-8-19)30-15-13-29(14-16-30)12-11-28-9-5-6-10-28/h2-4,7-8,17-18,31H,5-6,9-16H2,1H3. The molecule has 2 aliphatic heterocycles. The van der Waals surface area contributed by atoms with E-state index in [2.05, 4.69) is 14.7 Å². The first kappa shape index (κ1) is 21.0.